The van der Waals surface area contributed by atoms with Crippen LogP contribution in [0, 0.1) is 6.92 Å². The van der Waals surface area contributed by atoms with Gasteiger partial charge in [-0.05, 0) is 31.9 Å². The van der Waals surface area contributed by atoms with E-state index in [2.05, 4.69) is 51.7 Å². The zero-order valence-electron chi connectivity index (χ0n) is 14.6. The number of likely N-dealkylation sites (tertiary alicyclic amines) is 1. The molecule has 1 unspecified atom stereocenters. The number of aryl methyl sites for hydroxylation is 1. The molecular weight excluding hydrogens is 288 g/mol. The molecule has 2 N–H and O–H groups in total. The molecule has 0 radical (unpaired) electrons. The quantitative estimate of drug-likeness (QED) is 0.594. The predicted molar refractivity (Wildman–Crippen MR) is 95.9 cm³/mol. The molecule has 0 aromatic heterocycles. The van der Waals surface area contributed by atoms with Crippen molar-refractivity contribution < 1.29 is 4.74 Å². The van der Waals surface area contributed by atoms with E-state index in [4.69, 9.17) is 4.74 Å². The molecule has 5 heteroatoms. The van der Waals surface area contributed by atoms with Crippen LogP contribution in [0.3, 0.4) is 0 Å². The van der Waals surface area contributed by atoms with Crippen molar-refractivity contribution in [2.24, 2.45) is 4.99 Å². The van der Waals surface area contributed by atoms with Gasteiger partial charge in [0.25, 0.3) is 0 Å². The van der Waals surface area contributed by atoms with E-state index in [0.717, 1.165) is 32.2 Å². The fraction of sp³-hybridized carbons (Fsp3) is 0.611. The third-order valence-corrected chi connectivity index (χ3v) is 4.39. The van der Waals surface area contributed by atoms with Gasteiger partial charge in [0.1, 0.15) is 0 Å². The summed E-state index contributed by atoms with van der Waals surface area (Å²) in [5.41, 5.74) is 2.55. The predicted octanol–water partition coefficient (Wildman–Crippen LogP) is 1.77. The lowest BCUT2D eigenvalue weighted by atomic mass is 10.1. The minimum atomic E-state index is 0.572. The summed E-state index contributed by atoms with van der Waals surface area (Å²) in [5, 5.41) is 6.84. The number of guanidine groups is 1. The second kappa shape index (κ2) is 9.53. The number of hydrogen-bond donors (Lipinski definition) is 2. The van der Waals surface area contributed by atoms with E-state index in [0.29, 0.717) is 6.04 Å². The molecule has 1 aliphatic heterocycles. The molecule has 1 aliphatic rings. The van der Waals surface area contributed by atoms with Crippen LogP contribution in [0.25, 0.3) is 0 Å². The molecule has 0 amide bonds. The number of aliphatic imine (C=N–C) groups is 1. The molecule has 0 aliphatic carbocycles. The smallest absolute Gasteiger partial charge is 0.191 e. The van der Waals surface area contributed by atoms with Crippen LogP contribution in [0.4, 0.5) is 0 Å². The van der Waals surface area contributed by atoms with Crippen LogP contribution < -0.4 is 10.6 Å². The van der Waals surface area contributed by atoms with Gasteiger partial charge < -0.3 is 15.4 Å². The Morgan fingerprint density at radius 3 is 2.78 bits per heavy atom. The molecule has 5 nitrogen and oxygen atoms in total. The molecule has 0 bridgehead atoms. The van der Waals surface area contributed by atoms with E-state index in [9.17, 15) is 0 Å². The monoisotopic (exact) mass is 318 g/mol. The third-order valence-electron chi connectivity index (χ3n) is 4.39. The third kappa shape index (κ3) is 5.84. The average Bonchev–Trinajstić information content (AvgIpc) is 3.02. The van der Waals surface area contributed by atoms with Gasteiger partial charge in [0.2, 0.25) is 0 Å². The molecule has 1 saturated heterocycles. The van der Waals surface area contributed by atoms with Crippen molar-refractivity contribution in [3.63, 3.8) is 0 Å². The lowest BCUT2D eigenvalue weighted by Crippen LogP contribution is -2.45. The number of ether oxygens (including phenoxy) is 1. The van der Waals surface area contributed by atoms with E-state index in [1.54, 1.807) is 7.11 Å². The van der Waals surface area contributed by atoms with E-state index in [1.165, 1.54) is 30.5 Å². The Bertz CT molecular complexity index is 486. The minimum absolute atomic E-state index is 0.572. The molecule has 0 saturated carbocycles. The maximum Gasteiger partial charge on any atom is 0.191 e. The Morgan fingerprint density at radius 1 is 1.30 bits per heavy atom. The van der Waals surface area contributed by atoms with Gasteiger partial charge in [-0.3, -0.25) is 9.89 Å². The second-order valence-corrected chi connectivity index (χ2v) is 6.12. The molecule has 0 spiro atoms. The lowest BCUT2D eigenvalue weighted by molar-refractivity contribution is 0.141. The zero-order valence-corrected chi connectivity index (χ0v) is 14.6. The Labute approximate surface area is 140 Å². The Hall–Kier alpha value is -1.59. The Kier molecular flexibility index (Phi) is 7.36. The largest absolute Gasteiger partial charge is 0.383 e. The molecule has 1 aromatic rings. The maximum atomic E-state index is 5.20. The van der Waals surface area contributed by atoms with Crippen molar-refractivity contribution in [2.45, 2.75) is 32.4 Å². The summed E-state index contributed by atoms with van der Waals surface area (Å²) in [6.45, 7) is 6.81. The van der Waals surface area contributed by atoms with Crippen molar-refractivity contribution in [1.82, 2.24) is 15.5 Å². The lowest BCUT2D eigenvalue weighted by Gasteiger charge is -2.25. The van der Waals surface area contributed by atoms with Crippen molar-refractivity contribution >= 4 is 5.96 Å². The van der Waals surface area contributed by atoms with Gasteiger partial charge in [0.05, 0.1) is 6.61 Å². The molecule has 1 atom stereocenters. The van der Waals surface area contributed by atoms with Crippen LogP contribution in [-0.2, 0) is 11.3 Å². The normalized spacial score (nSPS) is 19.1. The molecule has 23 heavy (non-hydrogen) atoms. The number of hydrogen-bond acceptors (Lipinski definition) is 3. The highest BCUT2D eigenvalue weighted by Gasteiger charge is 2.23. The van der Waals surface area contributed by atoms with Crippen LogP contribution in [0.2, 0.25) is 0 Å². The van der Waals surface area contributed by atoms with Gasteiger partial charge in [-0.2, -0.15) is 0 Å². The topological polar surface area (TPSA) is 48.9 Å². The molecule has 1 aromatic carbocycles. The van der Waals surface area contributed by atoms with Gasteiger partial charge in [-0.1, -0.05) is 29.8 Å². The van der Waals surface area contributed by atoms with Crippen LogP contribution in [-0.4, -0.2) is 57.3 Å². The van der Waals surface area contributed by atoms with Gasteiger partial charge in [-0.15, -0.1) is 0 Å². The van der Waals surface area contributed by atoms with E-state index in [-0.39, 0.29) is 0 Å². The number of nitrogens with zero attached hydrogens (tertiary/aromatic N) is 2. The zero-order chi connectivity index (χ0) is 16.5. The van der Waals surface area contributed by atoms with E-state index >= 15 is 0 Å². The van der Waals surface area contributed by atoms with Gasteiger partial charge in [0.15, 0.2) is 5.96 Å². The molecule has 1 fully saturated rings. The van der Waals surface area contributed by atoms with E-state index in [1.807, 2.05) is 7.05 Å². The Morgan fingerprint density at radius 2 is 2.09 bits per heavy atom. The van der Waals surface area contributed by atoms with Gasteiger partial charge >= 0.3 is 0 Å². The van der Waals surface area contributed by atoms with Crippen LogP contribution in [0.15, 0.2) is 29.3 Å². The fourth-order valence-corrected chi connectivity index (χ4v) is 2.96. The second-order valence-electron chi connectivity index (χ2n) is 6.12. The molecule has 128 valence electrons. The van der Waals surface area contributed by atoms with Crippen LogP contribution >= 0.6 is 0 Å². The van der Waals surface area contributed by atoms with Gasteiger partial charge in [-0.25, -0.2) is 0 Å². The summed E-state index contributed by atoms with van der Waals surface area (Å²) in [6, 6.07) is 9.15. The standard InChI is InChI=1S/C18H30N4O/c1-15-6-8-16(9-7-15)13-20-18(19-2)21-14-17-5-4-10-22(17)11-12-23-3/h6-9,17H,4-5,10-14H2,1-3H3,(H2,19,20,21). The first-order valence-electron chi connectivity index (χ1n) is 8.46. The summed E-state index contributed by atoms with van der Waals surface area (Å²) in [7, 11) is 3.59. The summed E-state index contributed by atoms with van der Waals surface area (Å²) in [5.74, 6) is 0.865. The maximum absolute atomic E-state index is 5.20. The number of methoxy groups -OCH3 is 1. The average molecular weight is 318 g/mol. The molecule has 2 rings (SSSR count). The number of rotatable bonds is 7. The van der Waals surface area contributed by atoms with Crippen LogP contribution in [0.1, 0.15) is 24.0 Å². The van der Waals surface area contributed by atoms with Crippen molar-refractivity contribution in [2.75, 3.05) is 40.4 Å². The SMILES string of the molecule is CN=C(NCc1ccc(C)cc1)NCC1CCCN1CCOC. The summed E-state index contributed by atoms with van der Waals surface area (Å²) in [6.07, 6.45) is 2.51. The first kappa shape index (κ1) is 17.8. The first-order chi connectivity index (χ1) is 11.2. The van der Waals surface area contributed by atoms with Crippen molar-refractivity contribution in [1.29, 1.82) is 0 Å². The van der Waals surface area contributed by atoms with E-state index < -0.39 is 0 Å². The Balaban J connectivity index is 1.75. The van der Waals surface area contributed by atoms with Gasteiger partial charge in [0, 0.05) is 39.8 Å². The summed E-state index contributed by atoms with van der Waals surface area (Å²) < 4.78 is 5.20. The number of benzene rings is 1. The summed E-state index contributed by atoms with van der Waals surface area (Å²) in [4.78, 5) is 6.82. The minimum Gasteiger partial charge on any atom is -0.383 e. The first-order valence-corrected chi connectivity index (χ1v) is 8.46. The number of nitrogens with one attached hydrogen (secondary N) is 2. The van der Waals surface area contributed by atoms with Crippen LogP contribution in [0.5, 0.6) is 0 Å². The fourth-order valence-electron chi connectivity index (χ4n) is 2.96. The highest BCUT2D eigenvalue weighted by Crippen LogP contribution is 2.15. The highest BCUT2D eigenvalue weighted by molar-refractivity contribution is 5.79. The molecule has 1 heterocycles. The van der Waals surface area contributed by atoms with Crippen molar-refractivity contribution in [3.8, 4) is 0 Å². The van der Waals surface area contributed by atoms with Crippen molar-refractivity contribution in [3.05, 3.63) is 35.4 Å². The highest BCUT2D eigenvalue weighted by atomic mass is 16.5. The molecular formula is C18H30N4O. The summed E-state index contributed by atoms with van der Waals surface area (Å²) >= 11 is 0.